The standard InChI is InChI=1S/C54H58N18O/c1-32(2)54(73)59-38-20-37(25-56-26-38)35-8-10-44-40(22-35)48(66-70(44)6)53-62-50-43(58-29-46(51(50)63-53)72-17-13-68(4)14-18-72)31-69(5)30-33-19-36(24-55-23-33)34-7-9-41-39(21-34)47(65-64-41)52-60-42-27-57-28-45(49(42)61-52)71-15-11-67(3)12-16-71/h7-10,19-29,32H,11-18,30-31H2,1-6H3,(H,59,73)(H,60,61)(H,62,63)(H,64,65). The predicted octanol–water partition coefficient (Wildman–Crippen LogP) is 7.18. The van der Waals surface area contributed by atoms with E-state index < -0.39 is 0 Å². The number of hydrogen-bond acceptors (Lipinski definition) is 14. The molecule has 0 spiro atoms. The lowest BCUT2D eigenvalue weighted by Crippen LogP contribution is -2.44. The molecule has 0 radical (unpaired) electrons. The molecule has 0 bridgehead atoms. The van der Waals surface area contributed by atoms with Crippen molar-refractivity contribution >= 4 is 66.8 Å². The molecule has 19 nitrogen and oxygen atoms in total. The van der Waals surface area contributed by atoms with Crippen molar-refractivity contribution in [2.45, 2.75) is 26.9 Å². The summed E-state index contributed by atoms with van der Waals surface area (Å²) in [6.07, 6.45) is 13.1. The SMILES string of the molecule is CC(C)C(=O)Nc1cncc(-c2ccc3c(c2)c(-c2nc4c(CN(C)Cc5cncc(-c6ccc7[nH]nc(-c8nc9c(N%10CCN(C)CC%10)cncc9[nH]8)c7c6)c5)ncc(N5CCN(C)CC5)c4[nH]2)nn3C)c1. The maximum Gasteiger partial charge on any atom is 0.226 e. The molecule has 10 aromatic rings. The zero-order valence-electron chi connectivity index (χ0n) is 42.0. The minimum absolute atomic E-state index is 0.0560. The third kappa shape index (κ3) is 8.89. The van der Waals surface area contributed by atoms with Gasteiger partial charge in [-0.2, -0.15) is 10.2 Å². The summed E-state index contributed by atoms with van der Waals surface area (Å²) in [5.41, 5.74) is 15.5. The van der Waals surface area contributed by atoms with Gasteiger partial charge in [0.15, 0.2) is 11.6 Å². The lowest BCUT2D eigenvalue weighted by atomic mass is 10.0. The number of aryl methyl sites for hydroxylation is 1. The van der Waals surface area contributed by atoms with E-state index in [1.807, 2.05) is 68.8 Å². The molecule has 2 fully saturated rings. The Morgan fingerprint density at radius 2 is 1.33 bits per heavy atom. The average Bonchev–Trinajstić information content (AvgIpc) is 4.21. The van der Waals surface area contributed by atoms with E-state index in [0.717, 1.165) is 153 Å². The van der Waals surface area contributed by atoms with Gasteiger partial charge in [0.1, 0.15) is 22.4 Å². The molecule has 0 saturated carbocycles. The highest BCUT2D eigenvalue weighted by Crippen LogP contribution is 2.37. The monoisotopic (exact) mass is 975 g/mol. The van der Waals surface area contributed by atoms with E-state index in [4.69, 9.17) is 30.1 Å². The summed E-state index contributed by atoms with van der Waals surface area (Å²) in [7, 11) is 8.39. The fourth-order valence-corrected chi connectivity index (χ4v) is 10.2. The van der Waals surface area contributed by atoms with Gasteiger partial charge in [-0.3, -0.25) is 39.4 Å². The number of benzene rings is 2. The number of aromatic amines is 3. The second kappa shape index (κ2) is 18.8. The Labute approximate surface area is 421 Å². The topological polar surface area (TPSA) is 201 Å². The van der Waals surface area contributed by atoms with Gasteiger partial charge in [0.25, 0.3) is 0 Å². The fraction of sp³-hybridized carbons (Fsp3) is 0.315. The molecular weight excluding hydrogens is 917 g/mol. The van der Waals surface area contributed by atoms with E-state index >= 15 is 0 Å². The Hall–Kier alpha value is -8.13. The minimum Gasteiger partial charge on any atom is -0.366 e. The Morgan fingerprint density at radius 3 is 2.10 bits per heavy atom. The first-order chi connectivity index (χ1) is 35.5. The number of rotatable bonds is 12. The Balaban J connectivity index is 0.828. The van der Waals surface area contributed by atoms with Gasteiger partial charge < -0.3 is 34.9 Å². The number of nitrogens with zero attached hydrogens (tertiary/aromatic N) is 14. The number of H-pyrrole nitrogens is 3. The van der Waals surface area contributed by atoms with Crippen molar-refractivity contribution in [3.63, 3.8) is 0 Å². The van der Waals surface area contributed by atoms with Crippen molar-refractivity contribution in [3.8, 4) is 45.3 Å². The molecule has 0 aliphatic carbocycles. The quantitative estimate of drug-likeness (QED) is 0.0960. The third-order valence-electron chi connectivity index (χ3n) is 14.4. The molecule has 12 rings (SSSR count). The summed E-state index contributed by atoms with van der Waals surface area (Å²) in [4.78, 5) is 60.8. The number of carbonyl (C=O) groups is 1. The molecule has 2 saturated heterocycles. The van der Waals surface area contributed by atoms with Gasteiger partial charge in [-0.1, -0.05) is 26.0 Å². The number of pyridine rings is 4. The number of nitrogens with one attached hydrogen (secondary N) is 4. The number of amides is 1. The van der Waals surface area contributed by atoms with Crippen LogP contribution in [0.4, 0.5) is 17.1 Å². The van der Waals surface area contributed by atoms with Crippen LogP contribution in [0.5, 0.6) is 0 Å². The Morgan fingerprint density at radius 1 is 0.658 bits per heavy atom. The maximum atomic E-state index is 12.5. The largest absolute Gasteiger partial charge is 0.366 e. The van der Waals surface area contributed by atoms with E-state index in [-0.39, 0.29) is 11.8 Å². The highest BCUT2D eigenvalue weighted by molar-refractivity contribution is 6.00. The van der Waals surface area contributed by atoms with Gasteiger partial charge in [-0.15, -0.1) is 0 Å². The van der Waals surface area contributed by atoms with Gasteiger partial charge in [0.2, 0.25) is 5.91 Å². The lowest BCUT2D eigenvalue weighted by Gasteiger charge is -2.34. The Kier molecular flexibility index (Phi) is 11.8. The van der Waals surface area contributed by atoms with Gasteiger partial charge in [0, 0.05) is 119 Å². The van der Waals surface area contributed by atoms with Crippen LogP contribution >= 0.6 is 0 Å². The molecule has 8 aromatic heterocycles. The molecule has 2 aromatic carbocycles. The second-order valence-electron chi connectivity index (χ2n) is 20.0. The minimum atomic E-state index is -0.147. The van der Waals surface area contributed by atoms with Crippen molar-refractivity contribution in [1.82, 2.24) is 74.5 Å². The Bertz CT molecular complexity index is 3680. The molecule has 1 amide bonds. The highest BCUT2D eigenvalue weighted by atomic mass is 16.1. The van der Waals surface area contributed by atoms with Gasteiger partial charge in [-0.25, -0.2) is 9.97 Å². The third-order valence-corrected chi connectivity index (χ3v) is 14.4. The number of likely N-dealkylation sites (N-methyl/N-ethyl adjacent to an activating group) is 2. The zero-order chi connectivity index (χ0) is 49.9. The molecule has 2 aliphatic rings. The molecule has 19 heteroatoms. The van der Waals surface area contributed by atoms with Crippen molar-refractivity contribution < 1.29 is 4.79 Å². The number of aromatic nitrogens is 12. The number of hydrogen-bond donors (Lipinski definition) is 4. The van der Waals surface area contributed by atoms with Crippen molar-refractivity contribution in [2.24, 2.45) is 13.0 Å². The first-order valence-corrected chi connectivity index (χ1v) is 24.9. The normalized spacial score (nSPS) is 15.1. The fourth-order valence-electron chi connectivity index (χ4n) is 10.2. The molecule has 4 N–H and O–H groups in total. The number of fused-ring (bicyclic) bond motifs is 4. The smallest absolute Gasteiger partial charge is 0.226 e. The van der Waals surface area contributed by atoms with Crippen LogP contribution in [0.1, 0.15) is 25.1 Å². The summed E-state index contributed by atoms with van der Waals surface area (Å²) >= 11 is 0. The van der Waals surface area contributed by atoms with E-state index in [0.29, 0.717) is 30.4 Å². The predicted molar refractivity (Wildman–Crippen MR) is 287 cm³/mol. The number of imidazole rings is 2. The number of piperazine rings is 2. The summed E-state index contributed by atoms with van der Waals surface area (Å²) in [6, 6.07) is 16.8. The van der Waals surface area contributed by atoms with Crippen LogP contribution in [-0.4, -0.2) is 154 Å². The first kappa shape index (κ1) is 46.0. The first-order valence-electron chi connectivity index (χ1n) is 24.9. The lowest BCUT2D eigenvalue weighted by molar-refractivity contribution is -0.118. The van der Waals surface area contributed by atoms with Crippen LogP contribution in [0.25, 0.3) is 89.2 Å². The summed E-state index contributed by atoms with van der Waals surface area (Å²) in [5.74, 6) is 1.17. The number of anilines is 3. The molecule has 370 valence electrons. The second-order valence-corrected chi connectivity index (χ2v) is 20.0. The van der Waals surface area contributed by atoms with Crippen LogP contribution in [0, 0.1) is 5.92 Å². The van der Waals surface area contributed by atoms with E-state index in [2.05, 4.69) is 118 Å². The molecule has 0 unspecified atom stereocenters. The van der Waals surface area contributed by atoms with Crippen LogP contribution in [0.15, 0.2) is 91.9 Å². The summed E-state index contributed by atoms with van der Waals surface area (Å²) < 4.78 is 1.89. The number of carbonyl (C=O) groups excluding carboxylic acids is 1. The molecule has 2 aliphatic heterocycles. The van der Waals surface area contributed by atoms with Crippen molar-refractivity contribution in [3.05, 3.63) is 103 Å². The van der Waals surface area contributed by atoms with Crippen LogP contribution in [0.3, 0.4) is 0 Å². The molecule has 0 atom stereocenters. The molecule has 10 heterocycles. The average molecular weight is 975 g/mol. The molecule has 73 heavy (non-hydrogen) atoms. The van der Waals surface area contributed by atoms with Gasteiger partial charge >= 0.3 is 0 Å². The van der Waals surface area contributed by atoms with Gasteiger partial charge in [0.05, 0.1) is 69.6 Å². The van der Waals surface area contributed by atoms with E-state index in [1.165, 1.54) is 0 Å². The van der Waals surface area contributed by atoms with Crippen LogP contribution < -0.4 is 15.1 Å². The van der Waals surface area contributed by atoms with Crippen LogP contribution in [-0.2, 0) is 24.9 Å². The van der Waals surface area contributed by atoms with Crippen LogP contribution in [0.2, 0.25) is 0 Å². The van der Waals surface area contributed by atoms with E-state index in [1.54, 1.807) is 6.20 Å². The van der Waals surface area contributed by atoms with Gasteiger partial charge in [-0.05, 0) is 74.2 Å². The van der Waals surface area contributed by atoms with Crippen molar-refractivity contribution in [1.29, 1.82) is 0 Å². The van der Waals surface area contributed by atoms with E-state index in [9.17, 15) is 4.79 Å². The van der Waals surface area contributed by atoms with Crippen molar-refractivity contribution in [2.75, 3.05) is 88.6 Å². The summed E-state index contributed by atoms with van der Waals surface area (Å²) in [5, 5.41) is 17.9. The zero-order valence-corrected chi connectivity index (χ0v) is 42.0. The maximum absolute atomic E-state index is 12.5. The molecular formula is C54H58N18O. The highest BCUT2D eigenvalue weighted by Gasteiger charge is 2.25. The summed E-state index contributed by atoms with van der Waals surface area (Å²) in [6.45, 7) is 12.5.